The molecule has 1 amide bonds. The van der Waals surface area contributed by atoms with Crippen molar-refractivity contribution in [2.75, 3.05) is 0 Å². The molecule has 3 aromatic carbocycles. The van der Waals surface area contributed by atoms with Crippen molar-refractivity contribution in [3.05, 3.63) is 82.3 Å². The van der Waals surface area contributed by atoms with Crippen molar-refractivity contribution in [1.29, 1.82) is 0 Å². The fraction of sp³-hybridized carbons (Fsp3) is 0.100. The summed E-state index contributed by atoms with van der Waals surface area (Å²) in [5.74, 6) is -1.45. The Morgan fingerprint density at radius 3 is 2.48 bits per heavy atom. The Balaban J connectivity index is 1.84. The molecule has 4 nitrogen and oxygen atoms in total. The van der Waals surface area contributed by atoms with Gasteiger partial charge < -0.3 is 10.4 Å². The topological polar surface area (TPSA) is 66.4 Å². The molecule has 1 atom stereocenters. The summed E-state index contributed by atoms with van der Waals surface area (Å²) in [6, 6.07) is 19.3. The van der Waals surface area contributed by atoms with E-state index in [4.69, 9.17) is 0 Å². The standard InChI is InChI=1S/C20H16BrNO3/c21-15-8-3-5-13(11-15)12-18(20(24)25)22-19(23)17-10-4-7-14-6-1-2-9-16(14)17/h1-11,18H,12H2,(H,22,23)(H,24,25)/t18-/m1/s1. The number of carbonyl (C=O) groups excluding carboxylic acids is 1. The van der Waals surface area contributed by atoms with Crippen LogP contribution >= 0.6 is 15.9 Å². The zero-order valence-corrected chi connectivity index (χ0v) is 14.9. The van der Waals surface area contributed by atoms with Gasteiger partial charge in [-0.15, -0.1) is 0 Å². The Kier molecular flexibility index (Phi) is 5.14. The summed E-state index contributed by atoms with van der Waals surface area (Å²) in [7, 11) is 0. The third kappa shape index (κ3) is 4.06. The second kappa shape index (κ2) is 7.49. The zero-order valence-electron chi connectivity index (χ0n) is 13.3. The number of fused-ring (bicyclic) bond motifs is 1. The molecule has 0 bridgehead atoms. The first kappa shape index (κ1) is 17.2. The molecule has 0 saturated carbocycles. The average Bonchev–Trinajstić information content (AvgIpc) is 2.60. The Hall–Kier alpha value is -2.66. The van der Waals surface area contributed by atoms with E-state index in [0.29, 0.717) is 5.56 Å². The van der Waals surface area contributed by atoms with E-state index >= 15 is 0 Å². The number of carbonyl (C=O) groups is 2. The summed E-state index contributed by atoms with van der Waals surface area (Å²) in [5, 5.41) is 13.9. The van der Waals surface area contributed by atoms with Crippen LogP contribution in [-0.4, -0.2) is 23.0 Å². The van der Waals surface area contributed by atoms with Gasteiger partial charge in [-0.1, -0.05) is 64.5 Å². The largest absolute Gasteiger partial charge is 0.480 e. The van der Waals surface area contributed by atoms with Crippen LogP contribution < -0.4 is 5.32 Å². The number of carboxylic acid groups (broad SMARTS) is 1. The lowest BCUT2D eigenvalue weighted by molar-refractivity contribution is -0.139. The van der Waals surface area contributed by atoms with Gasteiger partial charge in [0.1, 0.15) is 6.04 Å². The molecule has 0 aromatic heterocycles. The summed E-state index contributed by atoms with van der Waals surface area (Å²) < 4.78 is 0.870. The van der Waals surface area contributed by atoms with Crippen molar-refractivity contribution in [3.63, 3.8) is 0 Å². The lowest BCUT2D eigenvalue weighted by Gasteiger charge is -2.16. The number of aliphatic carboxylic acids is 1. The Morgan fingerprint density at radius 2 is 1.72 bits per heavy atom. The van der Waals surface area contributed by atoms with Crippen LogP contribution in [0.4, 0.5) is 0 Å². The van der Waals surface area contributed by atoms with Gasteiger partial charge in [-0.05, 0) is 34.5 Å². The minimum Gasteiger partial charge on any atom is -0.480 e. The van der Waals surface area contributed by atoms with Crippen molar-refractivity contribution in [2.45, 2.75) is 12.5 Å². The van der Waals surface area contributed by atoms with Crippen molar-refractivity contribution in [1.82, 2.24) is 5.32 Å². The Labute approximate surface area is 153 Å². The van der Waals surface area contributed by atoms with Crippen molar-refractivity contribution >= 4 is 38.6 Å². The smallest absolute Gasteiger partial charge is 0.326 e. The van der Waals surface area contributed by atoms with Crippen LogP contribution in [0.1, 0.15) is 15.9 Å². The molecule has 2 N–H and O–H groups in total. The number of halogens is 1. The molecule has 0 aliphatic heterocycles. The quantitative estimate of drug-likeness (QED) is 0.682. The number of amides is 1. The normalized spacial score (nSPS) is 11.9. The van der Waals surface area contributed by atoms with E-state index in [-0.39, 0.29) is 12.3 Å². The van der Waals surface area contributed by atoms with Crippen LogP contribution in [0.3, 0.4) is 0 Å². The van der Waals surface area contributed by atoms with Crippen LogP contribution in [0.5, 0.6) is 0 Å². The molecule has 25 heavy (non-hydrogen) atoms. The highest BCUT2D eigenvalue weighted by Gasteiger charge is 2.22. The number of carboxylic acids is 1. The van der Waals surface area contributed by atoms with E-state index < -0.39 is 12.0 Å². The predicted octanol–water partition coefficient (Wildman–Crippen LogP) is 4.03. The molecule has 0 aliphatic rings. The van der Waals surface area contributed by atoms with E-state index in [1.54, 1.807) is 12.1 Å². The zero-order chi connectivity index (χ0) is 17.8. The highest BCUT2D eigenvalue weighted by atomic mass is 79.9. The fourth-order valence-corrected chi connectivity index (χ4v) is 3.21. The first-order valence-electron chi connectivity index (χ1n) is 7.80. The minimum absolute atomic E-state index is 0.214. The molecule has 0 aliphatic carbocycles. The summed E-state index contributed by atoms with van der Waals surface area (Å²) in [6.07, 6.45) is 0.214. The van der Waals surface area contributed by atoms with Crippen molar-refractivity contribution < 1.29 is 14.7 Å². The average molecular weight is 398 g/mol. The Morgan fingerprint density at radius 1 is 1.00 bits per heavy atom. The molecule has 3 rings (SSSR count). The van der Waals surface area contributed by atoms with Crippen LogP contribution in [0.15, 0.2) is 71.2 Å². The SMILES string of the molecule is O=C(N[C@H](Cc1cccc(Br)c1)C(=O)O)c1cccc2ccccc12. The predicted molar refractivity (Wildman–Crippen MR) is 101 cm³/mol. The number of hydrogen-bond donors (Lipinski definition) is 2. The van der Waals surface area contributed by atoms with Crippen LogP contribution in [0, 0.1) is 0 Å². The van der Waals surface area contributed by atoms with E-state index in [1.165, 1.54) is 0 Å². The number of hydrogen-bond acceptors (Lipinski definition) is 2. The van der Waals surface area contributed by atoms with Gasteiger partial charge in [0.05, 0.1) is 0 Å². The molecule has 0 fully saturated rings. The molecule has 5 heteroatoms. The number of nitrogens with one attached hydrogen (secondary N) is 1. The summed E-state index contributed by atoms with van der Waals surface area (Å²) in [4.78, 5) is 24.2. The summed E-state index contributed by atoms with van der Waals surface area (Å²) >= 11 is 3.37. The highest BCUT2D eigenvalue weighted by Crippen LogP contribution is 2.19. The molecule has 0 unspecified atom stereocenters. The molecule has 126 valence electrons. The molecule has 0 spiro atoms. The first-order valence-corrected chi connectivity index (χ1v) is 8.60. The maximum Gasteiger partial charge on any atom is 0.326 e. The van der Waals surface area contributed by atoms with Crippen LogP contribution in [-0.2, 0) is 11.2 Å². The summed E-state index contributed by atoms with van der Waals surface area (Å²) in [5.41, 5.74) is 1.30. The molecule has 0 heterocycles. The van der Waals surface area contributed by atoms with Gasteiger partial charge in [-0.2, -0.15) is 0 Å². The van der Waals surface area contributed by atoms with E-state index in [9.17, 15) is 14.7 Å². The maximum absolute atomic E-state index is 12.6. The lowest BCUT2D eigenvalue weighted by Crippen LogP contribution is -2.42. The van der Waals surface area contributed by atoms with Gasteiger partial charge in [0, 0.05) is 16.5 Å². The van der Waals surface area contributed by atoms with Gasteiger partial charge in [-0.25, -0.2) is 4.79 Å². The van der Waals surface area contributed by atoms with Gasteiger partial charge in [-0.3, -0.25) is 4.79 Å². The van der Waals surface area contributed by atoms with Crippen molar-refractivity contribution in [2.24, 2.45) is 0 Å². The molecular weight excluding hydrogens is 382 g/mol. The van der Waals surface area contributed by atoms with Gasteiger partial charge >= 0.3 is 5.97 Å². The van der Waals surface area contributed by atoms with Gasteiger partial charge in [0.2, 0.25) is 0 Å². The molecule has 3 aromatic rings. The Bertz CT molecular complexity index is 934. The van der Waals surface area contributed by atoms with Gasteiger partial charge in [0.25, 0.3) is 5.91 Å². The van der Waals surface area contributed by atoms with E-state index in [0.717, 1.165) is 20.8 Å². The van der Waals surface area contributed by atoms with Gasteiger partial charge in [0.15, 0.2) is 0 Å². The van der Waals surface area contributed by atoms with E-state index in [1.807, 2.05) is 54.6 Å². The summed E-state index contributed by atoms with van der Waals surface area (Å²) in [6.45, 7) is 0. The third-order valence-corrected chi connectivity index (χ3v) is 4.46. The third-order valence-electron chi connectivity index (χ3n) is 3.97. The molecular formula is C20H16BrNO3. The van der Waals surface area contributed by atoms with Crippen molar-refractivity contribution in [3.8, 4) is 0 Å². The van der Waals surface area contributed by atoms with Crippen LogP contribution in [0.2, 0.25) is 0 Å². The fourth-order valence-electron chi connectivity index (χ4n) is 2.76. The number of rotatable bonds is 5. The second-order valence-electron chi connectivity index (χ2n) is 5.73. The minimum atomic E-state index is -1.06. The number of benzene rings is 3. The van der Waals surface area contributed by atoms with Crippen LogP contribution in [0.25, 0.3) is 10.8 Å². The second-order valence-corrected chi connectivity index (χ2v) is 6.64. The first-order chi connectivity index (χ1) is 12.0. The maximum atomic E-state index is 12.6. The molecule has 0 saturated heterocycles. The molecule has 0 radical (unpaired) electrons. The lowest BCUT2D eigenvalue weighted by atomic mass is 10.0. The van der Waals surface area contributed by atoms with E-state index in [2.05, 4.69) is 21.2 Å². The highest BCUT2D eigenvalue weighted by molar-refractivity contribution is 9.10. The monoisotopic (exact) mass is 397 g/mol.